The van der Waals surface area contributed by atoms with Crippen LogP contribution < -0.4 is 0 Å². The van der Waals surface area contributed by atoms with E-state index < -0.39 is 94.1 Å². The number of ketones is 3. The molecule has 3 aromatic carbocycles. The number of carbonyl (C=O) groups is 5. The average molecular weight is 1040 g/mol. The molecule has 14 heteroatoms. The summed E-state index contributed by atoms with van der Waals surface area (Å²) in [7, 11) is 0. The van der Waals surface area contributed by atoms with Crippen molar-refractivity contribution in [3.63, 3.8) is 0 Å². The minimum Gasteiger partial charge on any atom is -0.459 e. The molecule has 2 saturated heterocycles. The second-order valence-electron chi connectivity index (χ2n) is 20.9. The van der Waals surface area contributed by atoms with Crippen molar-refractivity contribution in [1.29, 1.82) is 0 Å². The molecule has 2 N–H and O–H groups in total. The Morgan fingerprint density at radius 1 is 0.649 bits per heavy atom. The summed E-state index contributed by atoms with van der Waals surface area (Å²) in [6.07, 6.45) is -1.47. The monoisotopic (exact) mass is 1040 g/mol. The molecule has 74 heavy (non-hydrogen) atoms. The number of alkyl halides is 1. The first-order chi connectivity index (χ1) is 35.0. The van der Waals surface area contributed by atoms with E-state index in [9.17, 15) is 34.2 Å². The molecular formula is C60H77ClO13. The molecule has 0 unspecified atom stereocenters. The Kier molecular flexibility index (Phi) is 21.9. The van der Waals surface area contributed by atoms with E-state index in [1.165, 1.54) is 13.8 Å². The van der Waals surface area contributed by atoms with Crippen molar-refractivity contribution < 1.29 is 62.6 Å². The lowest BCUT2D eigenvalue weighted by Crippen LogP contribution is -2.54. The molecule has 3 aliphatic heterocycles. The second-order valence-corrected chi connectivity index (χ2v) is 21.4. The average Bonchev–Trinajstić information content (AvgIpc) is 3.71. The highest BCUT2D eigenvalue weighted by molar-refractivity contribution is 6.33. The summed E-state index contributed by atoms with van der Waals surface area (Å²) >= 11 is 6.51. The summed E-state index contributed by atoms with van der Waals surface area (Å²) < 4.78 is 36.0. The van der Waals surface area contributed by atoms with Crippen molar-refractivity contribution >= 4 is 40.9 Å². The maximum atomic E-state index is 13.5. The molecular weight excluding hydrogens is 964 g/mol. The van der Waals surface area contributed by atoms with Crippen LogP contribution in [0.4, 0.5) is 0 Å². The highest BCUT2D eigenvalue weighted by Gasteiger charge is 2.54. The van der Waals surface area contributed by atoms with Crippen molar-refractivity contribution in [1.82, 2.24) is 0 Å². The van der Waals surface area contributed by atoms with Crippen LogP contribution in [-0.4, -0.2) is 98.3 Å². The zero-order valence-electron chi connectivity index (χ0n) is 44.7. The predicted molar refractivity (Wildman–Crippen MR) is 280 cm³/mol. The lowest BCUT2D eigenvalue weighted by molar-refractivity contribution is -0.177. The molecule has 3 aliphatic rings. The Bertz CT molecular complexity index is 2440. The first-order valence-corrected chi connectivity index (χ1v) is 26.4. The Morgan fingerprint density at radius 3 is 1.61 bits per heavy atom. The summed E-state index contributed by atoms with van der Waals surface area (Å²) in [6, 6.07) is 28.8. The van der Waals surface area contributed by atoms with Crippen molar-refractivity contribution in [2.24, 2.45) is 23.7 Å². The topological polar surface area (TPSA) is 181 Å². The van der Waals surface area contributed by atoms with Gasteiger partial charge in [-0.25, -0.2) is 0 Å². The predicted octanol–water partition coefficient (Wildman–Crippen LogP) is 9.74. The third kappa shape index (κ3) is 16.0. The third-order valence-electron chi connectivity index (χ3n) is 14.6. The normalized spacial score (nSPS) is 33.6. The lowest BCUT2D eigenvalue weighted by Gasteiger charge is -2.34. The lowest BCUT2D eigenvalue weighted by atomic mass is 9.83. The maximum absolute atomic E-state index is 13.5. The van der Waals surface area contributed by atoms with Crippen molar-refractivity contribution in [3.05, 3.63) is 131 Å². The molecule has 0 spiro atoms. The van der Waals surface area contributed by atoms with Gasteiger partial charge < -0.3 is 38.6 Å². The molecule has 0 radical (unpaired) electrons. The molecule has 2 bridgehead atoms. The number of fused-ring (bicyclic) bond motifs is 2. The van der Waals surface area contributed by atoms with Crippen LogP contribution in [0.2, 0.25) is 0 Å². The SMILES string of the molecule is CC[C@H]1OC(=O)[C@H](C)[C@@H](OCc2ccccc2)CC(=O)[C@@]2(C)C[C@@H](C)[C@H](O2)[C@H](Cl)C(=O)[C@]1(C)O.CC[C@H]1OC(=O)[C@H](C)[C@@H](OCc2ccccc2)CC(=O)[C@](C)(O)C[C@@H](C)[C@H](OCc2ccccc2)C=C=C=C1C. The smallest absolute Gasteiger partial charge is 0.311 e. The van der Waals surface area contributed by atoms with E-state index in [0.29, 0.717) is 19.4 Å². The molecule has 6 rings (SSSR count). The van der Waals surface area contributed by atoms with Crippen LogP contribution >= 0.6 is 11.6 Å². The van der Waals surface area contributed by atoms with E-state index in [2.05, 4.69) is 11.5 Å². The number of hydrogen-bond donors (Lipinski definition) is 2. The Labute approximate surface area is 442 Å². The second kappa shape index (κ2) is 27.1. The van der Waals surface area contributed by atoms with Crippen LogP contribution in [0, 0.1) is 23.7 Å². The fourth-order valence-corrected chi connectivity index (χ4v) is 10.1. The van der Waals surface area contributed by atoms with E-state index in [-0.39, 0.29) is 56.5 Å². The number of Topliss-reactive ketones (excluding diaryl/α,β-unsaturated/α-hetero) is 3. The van der Waals surface area contributed by atoms with Gasteiger partial charge in [-0.3, -0.25) is 24.0 Å². The number of aliphatic hydroxyl groups is 2. The van der Waals surface area contributed by atoms with Crippen LogP contribution in [-0.2, 0) is 72.2 Å². The number of cyclic esters (lactones) is 2. The molecule has 2 fully saturated rings. The van der Waals surface area contributed by atoms with Crippen LogP contribution in [0.25, 0.3) is 0 Å². The third-order valence-corrected chi connectivity index (χ3v) is 15.0. The zero-order valence-corrected chi connectivity index (χ0v) is 45.5. The number of halogens is 1. The number of hydrogen-bond acceptors (Lipinski definition) is 13. The van der Waals surface area contributed by atoms with E-state index in [1.807, 2.05) is 119 Å². The van der Waals surface area contributed by atoms with E-state index in [0.717, 1.165) is 22.3 Å². The quantitative estimate of drug-likeness (QED) is 0.105. The van der Waals surface area contributed by atoms with Crippen LogP contribution in [0.3, 0.4) is 0 Å². The molecule has 0 amide bonds. The number of rotatable bonds is 11. The van der Waals surface area contributed by atoms with Crippen LogP contribution in [0.5, 0.6) is 0 Å². The molecule has 402 valence electrons. The van der Waals surface area contributed by atoms with Crippen LogP contribution in [0.1, 0.15) is 124 Å². The van der Waals surface area contributed by atoms with E-state index in [1.54, 1.807) is 33.8 Å². The Balaban J connectivity index is 0.000000278. The van der Waals surface area contributed by atoms with E-state index in [4.69, 9.17) is 40.0 Å². The molecule has 3 heterocycles. The number of esters is 2. The fraction of sp³-hybridized carbons (Fsp3) is 0.550. The zero-order chi connectivity index (χ0) is 54.4. The van der Waals surface area contributed by atoms with Gasteiger partial charge in [0, 0.05) is 18.4 Å². The standard InChI is InChI=1S/C34H42O6.C26H35ClO7/c1-6-29-24(2)14-13-19-30(38-22-27-15-9-7-10-16-27)25(3)21-34(5,37)32(35)20-31(26(4)33(36)40-29)39-23-28-17-11-8-12-18-28;1-6-20-26(5,31)23(29)21(27)22-15(2)13-25(4,34-22)19(28)12-18(16(3)24(30)33-20)32-14-17-10-8-7-9-11-17/h7-12,15-19,25-26,29-31,37H,6,20-23H2,1-5H3;7-11,15-16,18,20-22,31H,6,12-14H2,1-5H3/t25-,26-,29-,30-,31+,34-;15-,16-,18+,20-,21+,22+,25-,26-/m11/s1. The molecule has 14 atom stereocenters. The van der Waals surface area contributed by atoms with Gasteiger partial charge in [0.2, 0.25) is 0 Å². The van der Waals surface area contributed by atoms with Gasteiger partial charge in [-0.15, -0.1) is 11.6 Å². The summed E-state index contributed by atoms with van der Waals surface area (Å²) in [6.45, 7) is 18.0. The van der Waals surface area contributed by atoms with Gasteiger partial charge in [-0.2, -0.15) is 0 Å². The van der Waals surface area contributed by atoms with Crippen molar-refractivity contribution in [3.8, 4) is 0 Å². The molecule has 0 saturated carbocycles. The highest BCUT2D eigenvalue weighted by atomic mass is 35.5. The molecule has 13 nitrogen and oxygen atoms in total. The van der Waals surface area contributed by atoms with Gasteiger partial charge in [-0.05, 0) is 102 Å². The largest absolute Gasteiger partial charge is 0.459 e. The van der Waals surface area contributed by atoms with Gasteiger partial charge in [0.25, 0.3) is 0 Å². The minimum absolute atomic E-state index is 0.0624. The van der Waals surface area contributed by atoms with Crippen molar-refractivity contribution in [2.45, 2.75) is 186 Å². The minimum atomic E-state index is -2.02. The van der Waals surface area contributed by atoms with Gasteiger partial charge in [0.05, 0.1) is 56.1 Å². The Morgan fingerprint density at radius 2 is 1.12 bits per heavy atom. The van der Waals surface area contributed by atoms with Gasteiger partial charge in [-0.1, -0.05) is 130 Å². The van der Waals surface area contributed by atoms with Gasteiger partial charge in [0.15, 0.2) is 23.0 Å². The molecule has 0 aliphatic carbocycles. The first-order valence-electron chi connectivity index (χ1n) is 25.9. The van der Waals surface area contributed by atoms with Crippen molar-refractivity contribution in [2.75, 3.05) is 0 Å². The fourth-order valence-electron chi connectivity index (χ4n) is 9.62. The molecule has 3 aromatic rings. The van der Waals surface area contributed by atoms with Crippen LogP contribution in [0.15, 0.2) is 114 Å². The van der Waals surface area contributed by atoms with E-state index >= 15 is 0 Å². The number of ether oxygens (including phenoxy) is 6. The van der Waals surface area contributed by atoms with Gasteiger partial charge in [0.1, 0.15) is 28.8 Å². The number of carbonyl (C=O) groups excluding carboxylic acids is 5. The summed E-state index contributed by atoms with van der Waals surface area (Å²) in [5.41, 5.74) is 4.92. The first kappa shape index (κ1) is 59.8. The summed E-state index contributed by atoms with van der Waals surface area (Å²) in [4.78, 5) is 66.4. The summed E-state index contributed by atoms with van der Waals surface area (Å²) in [5.74, 6) is -4.39. The maximum Gasteiger partial charge on any atom is 0.311 e. The highest BCUT2D eigenvalue weighted by Crippen LogP contribution is 2.41. The number of benzene rings is 3. The summed E-state index contributed by atoms with van der Waals surface area (Å²) in [5, 5.41) is 21.2. The Hall–Kier alpha value is -5.04. The van der Waals surface area contributed by atoms with Gasteiger partial charge >= 0.3 is 11.9 Å². The molecule has 0 aromatic heterocycles.